The Morgan fingerprint density at radius 2 is 1.12 bits per heavy atom. The maximum absolute atomic E-state index is 10.8. The van der Waals surface area contributed by atoms with Crippen LogP contribution < -0.4 is 0 Å². The molecular formula is C27H32N4OS2. The highest BCUT2D eigenvalue weighted by Crippen LogP contribution is 2.35. The van der Waals surface area contributed by atoms with Gasteiger partial charge in [0.2, 0.25) is 0 Å². The van der Waals surface area contributed by atoms with Crippen LogP contribution in [0.15, 0.2) is 48.5 Å². The summed E-state index contributed by atoms with van der Waals surface area (Å²) in [7, 11) is 0. The van der Waals surface area contributed by atoms with Crippen LogP contribution in [0.3, 0.4) is 0 Å². The van der Waals surface area contributed by atoms with Gasteiger partial charge >= 0.3 is 0 Å². The highest BCUT2D eigenvalue weighted by Gasteiger charge is 2.27. The molecule has 2 aromatic carbocycles. The van der Waals surface area contributed by atoms with Gasteiger partial charge in [0.25, 0.3) is 0 Å². The van der Waals surface area contributed by atoms with Crippen LogP contribution in [-0.2, 0) is 0 Å². The summed E-state index contributed by atoms with van der Waals surface area (Å²) < 4.78 is 2.59. The van der Waals surface area contributed by atoms with E-state index < -0.39 is 0 Å². The molecule has 0 atom stereocenters. The van der Waals surface area contributed by atoms with Gasteiger partial charge in [-0.3, -0.25) is 0 Å². The van der Waals surface area contributed by atoms with Gasteiger partial charge in [0, 0.05) is 24.9 Å². The van der Waals surface area contributed by atoms with Crippen molar-refractivity contribution in [1.29, 1.82) is 0 Å². The van der Waals surface area contributed by atoms with Crippen LogP contribution in [0.1, 0.15) is 47.5 Å². The number of aliphatic hydroxyl groups is 1. The van der Waals surface area contributed by atoms with Gasteiger partial charge in [-0.25, -0.2) is 9.97 Å². The van der Waals surface area contributed by atoms with Crippen molar-refractivity contribution in [3.05, 3.63) is 58.5 Å². The van der Waals surface area contributed by atoms with E-state index in [1.165, 1.54) is 19.4 Å². The summed E-state index contributed by atoms with van der Waals surface area (Å²) in [5.74, 6) is 1.12. The maximum atomic E-state index is 10.8. The fourth-order valence-electron chi connectivity index (χ4n) is 5.51. The smallest absolute Gasteiger partial charge is 0.0970 e. The van der Waals surface area contributed by atoms with E-state index in [1.54, 1.807) is 0 Å². The first-order chi connectivity index (χ1) is 16.7. The SMILES string of the molecule is OC(CN1CCC(c2nc3ccccc3s2)CC1)CN1CCC(c2nc3ccccc3s2)CC1. The molecular weight excluding hydrogens is 460 g/mol. The van der Waals surface area contributed by atoms with Crippen molar-refractivity contribution in [1.82, 2.24) is 19.8 Å². The molecule has 1 N–H and O–H groups in total. The predicted molar refractivity (Wildman–Crippen MR) is 142 cm³/mol. The molecule has 6 rings (SSSR count). The second-order valence-electron chi connectivity index (χ2n) is 9.84. The van der Waals surface area contributed by atoms with Gasteiger partial charge in [-0.05, 0) is 76.1 Å². The molecule has 0 unspecified atom stereocenters. The third-order valence-corrected chi connectivity index (χ3v) is 9.83. The van der Waals surface area contributed by atoms with Crippen LogP contribution in [-0.4, -0.2) is 70.2 Å². The first-order valence-electron chi connectivity index (χ1n) is 12.5. The summed E-state index contributed by atoms with van der Waals surface area (Å²) in [6.07, 6.45) is 4.28. The summed E-state index contributed by atoms with van der Waals surface area (Å²) in [5, 5.41) is 13.4. The number of hydrogen-bond acceptors (Lipinski definition) is 7. The van der Waals surface area contributed by atoms with Crippen LogP contribution in [0.2, 0.25) is 0 Å². The van der Waals surface area contributed by atoms with Crippen molar-refractivity contribution in [2.45, 2.75) is 43.6 Å². The lowest BCUT2D eigenvalue weighted by molar-refractivity contribution is 0.0568. The predicted octanol–water partition coefficient (Wildman–Crippen LogP) is 5.33. The minimum Gasteiger partial charge on any atom is -0.390 e. The number of aliphatic hydroxyl groups excluding tert-OH is 1. The Morgan fingerprint density at radius 3 is 1.53 bits per heavy atom. The Hall–Kier alpha value is -1.90. The van der Waals surface area contributed by atoms with Crippen molar-refractivity contribution in [3.63, 3.8) is 0 Å². The van der Waals surface area contributed by atoms with E-state index in [9.17, 15) is 5.11 Å². The number of hydrogen-bond donors (Lipinski definition) is 1. The molecule has 0 saturated carbocycles. The summed E-state index contributed by atoms with van der Waals surface area (Å²) in [6, 6.07) is 16.9. The molecule has 2 aromatic heterocycles. The van der Waals surface area contributed by atoms with Crippen LogP contribution in [0.5, 0.6) is 0 Å². The van der Waals surface area contributed by atoms with Crippen LogP contribution >= 0.6 is 22.7 Å². The number of aromatic nitrogens is 2. The van der Waals surface area contributed by atoms with Crippen molar-refractivity contribution in [2.24, 2.45) is 0 Å². The summed E-state index contributed by atoms with van der Waals surface area (Å²) in [5.41, 5.74) is 2.26. The topological polar surface area (TPSA) is 52.5 Å². The zero-order valence-corrected chi connectivity index (χ0v) is 21.1. The lowest BCUT2D eigenvalue weighted by Gasteiger charge is -2.35. The van der Waals surface area contributed by atoms with Crippen molar-refractivity contribution < 1.29 is 5.11 Å². The average molecular weight is 493 g/mol. The van der Waals surface area contributed by atoms with Gasteiger partial charge < -0.3 is 14.9 Å². The highest BCUT2D eigenvalue weighted by atomic mass is 32.1. The molecule has 2 fully saturated rings. The number of nitrogens with zero attached hydrogens (tertiary/aromatic N) is 4. The molecule has 5 nitrogen and oxygen atoms in total. The maximum Gasteiger partial charge on any atom is 0.0970 e. The first kappa shape index (κ1) is 22.6. The molecule has 0 spiro atoms. The zero-order valence-electron chi connectivity index (χ0n) is 19.5. The molecule has 0 aliphatic carbocycles. The number of benzene rings is 2. The summed E-state index contributed by atoms with van der Waals surface area (Å²) in [4.78, 5) is 14.7. The van der Waals surface area contributed by atoms with E-state index in [-0.39, 0.29) is 6.10 Å². The minimum atomic E-state index is -0.280. The van der Waals surface area contributed by atoms with Crippen LogP contribution in [0.25, 0.3) is 20.4 Å². The fraction of sp³-hybridized carbons (Fsp3) is 0.481. The van der Waals surface area contributed by atoms with Gasteiger partial charge in [-0.2, -0.15) is 0 Å². The Labute approximate surface area is 209 Å². The van der Waals surface area contributed by atoms with E-state index in [1.807, 2.05) is 22.7 Å². The molecule has 2 aliphatic rings. The number of likely N-dealkylation sites (tertiary alicyclic amines) is 2. The number of para-hydroxylation sites is 2. The standard InChI is InChI=1S/C27H32N4OS2/c32-21(17-30-13-9-19(10-14-30)26-28-22-5-1-3-7-24(22)33-26)18-31-15-11-20(12-16-31)27-29-23-6-2-4-8-25(23)34-27/h1-8,19-21,32H,9-18H2. The van der Waals surface area contributed by atoms with Crippen molar-refractivity contribution in [3.8, 4) is 0 Å². The Balaban J connectivity index is 0.955. The normalized spacial score (nSPS) is 19.6. The van der Waals surface area contributed by atoms with E-state index in [0.29, 0.717) is 11.8 Å². The molecule has 2 aliphatic heterocycles. The number of β-amino-alcohol motifs (C(OH)–C–C–N with tert-alkyl or cyclic N) is 1. The molecule has 34 heavy (non-hydrogen) atoms. The van der Waals surface area contributed by atoms with Gasteiger partial charge in [0.15, 0.2) is 0 Å². The van der Waals surface area contributed by atoms with Crippen molar-refractivity contribution in [2.75, 3.05) is 39.3 Å². The van der Waals surface area contributed by atoms with E-state index >= 15 is 0 Å². The largest absolute Gasteiger partial charge is 0.390 e. The lowest BCUT2D eigenvalue weighted by Crippen LogP contribution is -2.44. The Morgan fingerprint density at radius 1 is 0.706 bits per heavy atom. The van der Waals surface area contributed by atoms with Gasteiger partial charge in [-0.1, -0.05) is 24.3 Å². The molecule has 0 radical (unpaired) electrons. The molecule has 2 saturated heterocycles. The quantitative estimate of drug-likeness (QED) is 0.394. The van der Waals surface area contributed by atoms with E-state index in [2.05, 4.69) is 58.3 Å². The third kappa shape index (κ3) is 4.90. The Kier molecular flexibility index (Phi) is 6.63. The zero-order chi connectivity index (χ0) is 22.9. The molecule has 178 valence electrons. The minimum absolute atomic E-state index is 0.280. The number of rotatable bonds is 6. The average Bonchev–Trinajstić information content (AvgIpc) is 3.49. The summed E-state index contributed by atoms with van der Waals surface area (Å²) in [6.45, 7) is 5.78. The first-order valence-corrected chi connectivity index (χ1v) is 14.2. The van der Waals surface area contributed by atoms with E-state index in [0.717, 1.165) is 76.0 Å². The van der Waals surface area contributed by atoms with Gasteiger partial charge in [0.05, 0.1) is 36.6 Å². The van der Waals surface area contributed by atoms with Crippen LogP contribution in [0, 0.1) is 0 Å². The lowest BCUT2D eigenvalue weighted by atomic mass is 9.96. The van der Waals surface area contributed by atoms with Gasteiger partial charge in [0.1, 0.15) is 0 Å². The van der Waals surface area contributed by atoms with Gasteiger partial charge in [-0.15, -0.1) is 22.7 Å². The molecule has 4 heterocycles. The summed E-state index contributed by atoms with van der Waals surface area (Å²) >= 11 is 3.70. The Bertz CT molecular complexity index is 1080. The van der Waals surface area contributed by atoms with Crippen LogP contribution in [0.4, 0.5) is 0 Å². The van der Waals surface area contributed by atoms with E-state index in [4.69, 9.17) is 9.97 Å². The number of thiazole rings is 2. The molecule has 0 bridgehead atoms. The molecule has 0 amide bonds. The van der Waals surface area contributed by atoms with Crippen molar-refractivity contribution >= 4 is 43.1 Å². The molecule has 7 heteroatoms. The number of piperidine rings is 2. The monoisotopic (exact) mass is 492 g/mol. The number of fused-ring (bicyclic) bond motifs is 2. The second-order valence-corrected chi connectivity index (χ2v) is 12.0. The fourth-order valence-corrected chi connectivity index (χ4v) is 7.78. The third-order valence-electron chi connectivity index (χ3n) is 7.43. The molecule has 4 aromatic rings. The highest BCUT2D eigenvalue weighted by molar-refractivity contribution is 7.19. The second kappa shape index (κ2) is 9.99.